The summed E-state index contributed by atoms with van der Waals surface area (Å²) in [5.41, 5.74) is 5.69. The number of aliphatic hydroxyl groups is 3. The van der Waals surface area contributed by atoms with Gasteiger partial charge in [-0.05, 0) is 6.07 Å². The molecule has 0 aromatic carbocycles. The van der Waals surface area contributed by atoms with Gasteiger partial charge in [0.2, 0.25) is 6.17 Å². The molecule has 1 amide bonds. The van der Waals surface area contributed by atoms with Crippen LogP contribution >= 0.6 is 15.6 Å². The lowest BCUT2D eigenvalue weighted by atomic mass is 10.1. The average molecular weight is 704 g/mol. The minimum Gasteiger partial charge on any atom is -0.387 e. The summed E-state index contributed by atoms with van der Waals surface area (Å²) in [6, 6.07) is 2.74. The summed E-state index contributed by atoms with van der Waals surface area (Å²) in [6.07, 6.45) is -2.86. The highest BCUT2D eigenvalue weighted by atomic mass is 31.3. The zero-order valence-electron chi connectivity index (χ0n) is 23.9. The summed E-state index contributed by atoms with van der Waals surface area (Å²) >= 11 is 0. The van der Waals surface area contributed by atoms with E-state index in [4.69, 9.17) is 26.2 Å². The van der Waals surface area contributed by atoms with Crippen LogP contribution in [0.25, 0.3) is 11.2 Å². The van der Waals surface area contributed by atoms with E-state index in [2.05, 4.69) is 35.0 Å². The van der Waals surface area contributed by atoms with E-state index >= 15 is 0 Å². The molecule has 2 aliphatic rings. The van der Waals surface area contributed by atoms with Gasteiger partial charge in [0.15, 0.2) is 35.6 Å². The molecular formula is C24H29FN7O13P2+. The highest BCUT2D eigenvalue weighted by Crippen LogP contribution is 2.60. The monoisotopic (exact) mass is 704 g/mol. The van der Waals surface area contributed by atoms with Crippen molar-refractivity contribution in [3.05, 3.63) is 42.7 Å². The quantitative estimate of drug-likeness (QED) is 0.0601. The predicted octanol–water partition coefficient (Wildman–Crippen LogP) is -1.58. The number of carbonyl (C=O) groups excluding carboxylic acids is 1. The van der Waals surface area contributed by atoms with Crippen LogP contribution in [0.15, 0.2) is 37.2 Å². The first-order chi connectivity index (χ1) is 22.2. The van der Waals surface area contributed by atoms with Gasteiger partial charge >= 0.3 is 15.6 Å². The molecule has 3 aromatic rings. The number of halogens is 1. The standard InChI is InChI=1S/C24H28FN7O13P2/c1-2-5-27-21-16-22(29-10-28-21)32(11-30-16)24-19(35)18(34)14(44-24)9-42-47(39,40)45-46(37,38)41-8-13-17(33)15(25)23(43-13)31-6-3-4-12(7-31)20(26)36/h1,3-4,6-7,10-11,13-15,17-19,23-24,33-35H,5,8-9H2,(H4-,26,27,28,29,36,37,38,39,40)/p+1/t13-,14-,15?,17+,18-,19-,23-,24-/m1/s1. The molecular weight excluding hydrogens is 675 g/mol. The van der Waals surface area contributed by atoms with Crippen LogP contribution in [0, 0.1) is 12.3 Å². The minimum absolute atomic E-state index is 0.0120. The molecule has 2 saturated heterocycles. The number of pyridine rings is 1. The normalized spacial score (nSPS) is 30.1. The number of hydrogen-bond acceptors (Lipinski definition) is 15. The maximum Gasteiger partial charge on any atom is 0.481 e. The molecule has 2 aliphatic heterocycles. The number of anilines is 1. The second-order valence-electron chi connectivity index (χ2n) is 10.2. The number of terminal acetylenes is 1. The van der Waals surface area contributed by atoms with E-state index in [9.17, 15) is 43.4 Å². The number of ether oxygens (including phenoxy) is 2. The molecule has 3 aromatic heterocycles. The van der Waals surface area contributed by atoms with Gasteiger partial charge in [-0.2, -0.15) is 8.88 Å². The summed E-state index contributed by atoms with van der Waals surface area (Å²) in [4.78, 5) is 43.8. The van der Waals surface area contributed by atoms with Gasteiger partial charge in [-0.1, -0.05) is 5.92 Å². The van der Waals surface area contributed by atoms with Gasteiger partial charge in [0.1, 0.15) is 42.4 Å². The van der Waals surface area contributed by atoms with Crippen molar-refractivity contribution in [1.82, 2.24) is 19.5 Å². The van der Waals surface area contributed by atoms with Crippen LogP contribution in [0.2, 0.25) is 0 Å². The maximum atomic E-state index is 14.8. The third kappa shape index (κ3) is 7.65. The molecule has 20 nitrogen and oxygen atoms in total. The molecule has 23 heteroatoms. The molecule has 0 spiro atoms. The van der Waals surface area contributed by atoms with Crippen LogP contribution in [-0.2, 0) is 32.0 Å². The van der Waals surface area contributed by atoms with Crippen molar-refractivity contribution >= 4 is 38.5 Å². The maximum absolute atomic E-state index is 14.8. The van der Waals surface area contributed by atoms with E-state index in [1.807, 2.05) is 0 Å². The molecule has 3 unspecified atom stereocenters. The third-order valence-corrected chi connectivity index (χ3v) is 9.63. The molecule has 0 saturated carbocycles. The van der Waals surface area contributed by atoms with Crippen LogP contribution in [0.1, 0.15) is 22.8 Å². The smallest absolute Gasteiger partial charge is 0.387 e. The number of hydrogen-bond donors (Lipinski definition) is 7. The number of phosphoric acid groups is 2. The number of aliphatic hydroxyl groups excluding tert-OH is 3. The Morgan fingerprint density at radius 2 is 1.79 bits per heavy atom. The van der Waals surface area contributed by atoms with E-state index in [0.29, 0.717) is 5.82 Å². The number of fused-ring (bicyclic) bond motifs is 1. The summed E-state index contributed by atoms with van der Waals surface area (Å²) < 4.78 is 66.7. The first-order valence-electron chi connectivity index (χ1n) is 13.5. The third-order valence-electron chi connectivity index (χ3n) is 7.03. The van der Waals surface area contributed by atoms with E-state index in [1.54, 1.807) is 0 Å². The number of imidazole rings is 1. The van der Waals surface area contributed by atoms with E-state index in [1.165, 1.54) is 41.7 Å². The van der Waals surface area contributed by atoms with Crippen LogP contribution in [0.3, 0.4) is 0 Å². The topological polar surface area (TPSA) is 284 Å². The molecule has 0 bridgehead atoms. The Bertz CT molecular complexity index is 1760. The molecule has 2 fully saturated rings. The second-order valence-corrected chi connectivity index (χ2v) is 13.2. The minimum atomic E-state index is -5.42. The van der Waals surface area contributed by atoms with Gasteiger partial charge in [0.25, 0.3) is 12.1 Å². The Balaban J connectivity index is 1.16. The van der Waals surface area contributed by atoms with Crippen molar-refractivity contribution in [2.45, 2.75) is 49.1 Å². The van der Waals surface area contributed by atoms with Crippen molar-refractivity contribution in [1.29, 1.82) is 0 Å². The molecule has 0 radical (unpaired) electrons. The summed E-state index contributed by atoms with van der Waals surface area (Å²) in [7, 11) is -10.8. The number of rotatable bonds is 13. The Morgan fingerprint density at radius 1 is 1.11 bits per heavy atom. The fourth-order valence-corrected chi connectivity index (χ4v) is 6.88. The number of amides is 1. The summed E-state index contributed by atoms with van der Waals surface area (Å²) in [5, 5.41) is 34.2. The Kier molecular flexibility index (Phi) is 10.3. The molecule has 0 aliphatic carbocycles. The zero-order valence-corrected chi connectivity index (χ0v) is 25.7. The predicted molar refractivity (Wildman–Crippen MR) is 151 cm³/mol. The Hall–Kier alpha value is -3.48. The summed E-state index contributed by atoms with van der Waals surface area (Å²) in [6.45, 7) is -1.77. The molecule has 5 heterocycles. The zero-order chi connectivity index (χ0) is 34.1. The number of nitrogens with two attached hydrogens (primary N) is 1. The van der Waals surface area contributed by atoms with E-state index < -0.39 is 83.9 Å². The number of primary amides is 1. The fraction of sp³-hybridized carbons (Fsp3) is 0.458. The molecule has 5 rings (SSSR count). The number of nitrogens with zero attached hydrogens (tertiary/aromatic N) is 5. The first kappa shape index (κ1) is 34.8. The van der Waals surface area contributed by atoms with Crippen molar-refractivity contribution in [2.24, 2.45) is 5.73 Å². The van der Waals surface area contributed by atoms with E-state index in [-0.39, 0.29) is 23.3 Å². The van der Waals surface area contributed by atoms with Crippen LogP contribution in [-0.4, -0.2) is 107 Å². The molecule has 8 N–H and O–H groups in total. The number of alkyl halides is 1. The lowest BCUT2D eigenvalue weighted by Gasteiger charge is -2.20. The van der Waals surface area contributed by atoms with Gasteiger partial charge < -0.3 is 45.6 Å². The lowest BCUT2D eigenvalue weighted by molar-refractivity contribution is -0.764. The van der Waals surface area contributed by atoms with E-state index in [0.717, 1.165) is 4.57 Å². The van der Waals surface area contributed by atoms with Crippen LogP contribution in [0.5, 0.6) is 0 Å². The highest BCUT2D eigenvalue weighted by Gasteiger charge is 2.51. The summed E-state index contributed by atoms with van der Waals surface area (Å²) in [5.74, 6) is 1.87. The van der Waals surface area contributed by atoms with Crippen molar-refractivity contribution < 1.29 is 70.8 Å². The Labute approximate surface area is 264 Å². The van der Waals surface area contributed by atoms with Gasteiger partial charge in [0, 0.05) is 6.07 Å². The van der Waals surface area contributed by atoms with Gasteiger partial charge in [0.05, 0.1) is 26.1 Å². The highest BCUT2D eigenvalue weighted by molar-refractivity contribution is 7.61. The molecule has 10 atom stereocenters. The van der Waals surface area contributed by atoms with Gasteiger partial charge in [-0.15, -0.1) is 6.42 Å². The number of phosphoric ester groups is 2. The Morgan fingerprint density at radius 3 is 2.45 bits per heavy atom. The average Bonchev–Trinajstić information content (AvgIpc) is 3.67. The molecule has 47 heavy (non-hydrogen) atoms. The second kappa shape index (κ2) is 13.9. The van der Waals surface area contributed by atoms with Crippen molar-refractivity contribution in [2.75, 3.05) is 25.1 Å². The number of aromatic nitrogens is 5. The fourth-order valence-electron chi connectivity index (χ4n) is 4.79. The van der Waals surface area contributed by atoms with Gasteiger partial charge in [-0.25, -0.2) is 28.5 Å². The lowest BCUT2D eigenvalue weighted by Crippen LogP contribution is -2.45. The van der Waals surface area contributed by atoms with Gasteiger partial charge in [-0.3, -0.25) is 18.4 Å². The van der Waals surface area contributed by atoms with Crippen LogP contribution in [0.4, 0.5) is 10.2 Å². The number of carbonyl (C=O) groups is 1. The number of nitrogens with one attached hydrogen (secondary N) is 1. The SMILES string of the molecule is C#CCNc1ncnc2c1ncn2[C@@H]1O[C@H](COP(=O)(O)OP(=O)(O)OC[C@H]2O[C@@H]([n+]3cccc(C(N)=O)c3)C(F)[C@H]2O)[C@@H](O)[C@H]1O. The van der Waals surface area contributed by atoms with Crippen LogP contribution < -0.4 is 15.6 Å². The first-order valence-corrected chi connectivity index (χ1v) is 16.5. The van der Waals surface area contributed by atoms with Crippen molar-refractivity contribution in [3.63, 3.8) is 0 Å². The van der Waals surface area contributed by atoms with Crippen molar-refractivity contribution in [3.8, 4) is 12.3 Å². The largest absolute Gasteiger partial charge is 0.481 e. The molecule has 254 valence electrons.